The lowest BCUT2D eigenvalue weighted by atomic mass is 10.5. The number of halogens is 1. The van der Waals surface area contributed by atoms with Crippen LogP contribution in [0.25, 0.3) is 0 Å². The highest BCUT2D eigenvalue weighted by molar-refractivity contribution is 4.86. The van der Waals surface area contributed by atoms with Crippen LogP contribution < -0.4 is 0 Å². The molecule has 0 radical (unpaired) electrons. The highest BCUT2D eigenvalue weighted by Gasteiger charge is 1.95. The quantitative estimate of drug-likeness (QED) is 0.703. The van der Waals surface area contributed by atoms with Crippen molar-refractivity contribution in [3.63, 3.8) is 0 Å². The SMILES string of the molecule is CC.FCCOCCOCc1cn[nH]n1. The average molecular weight is 219 g/mol. The van der Waals surface area contributed by atoms with E-state index in [1.165, 1.54) is 0 Å². The van der Waals surface area contributed by atoms with Crippen molar-refractivity contribution in [1.82, 2.24) is 15.4 Å². The van der Waals surface area contributed by atoms with Crippen LogP contribution in [0.5, 0.6) is 0 Å². The first-order chi connectivity index (χ1) is 7.43. The number of ether oxygens (including phenoxy) is 2. The Bertz CT molecular complexity index is 207. The molecule has 1 heterocycles. The molecule has 88 valence electrons. The van der Waals surface area contributed by atoms with E-state index < -0.39 is 6.67 Å². The Morgan fingerprint density at radius 2 is 2.00 bits per heavy atom. The summed E-state index contributed by atoms with van der Waals surface area (Å²) in [5, 5.41) is 9.87. The Hall–Kier alpha value is -1.01. The topological polar surface area (TPSA) is 60.0 Å². The molecule has 0 aliphatic rings. The molecule has 0 fully saturated rings. The minimum Gasteiger partial charge on any atom is -0.376 e. The summed E-state index contributed by atoms with van der Waals surface area (Å²) in [5.74, 6) is 0. The van der Waals surface area contributed by atoms with Crippen molar-refractivity contribution in [2.24, 2.45) is 0 Å². The molecule has 6 heteroatoms. The Balaban J connectivity index is 0.000000921. The van der Waals surface area contributed by atoms with Crippen LogP contribution in [0.3, 0.4) is 0 Å². The molecule has 0 atom stereocenters. The molecule has 0 aliphatic heterocycles. The van der Waals surface area contributed by atoms with Crippen LogP contribution >= 0.6 is 0 Å². The van der Waals surface area contributed by atoms with Gasteiger partial charge < -0.3 is 9.47 Å². The fourth-order valence-electron chi connectivity index (χ4n) is 0.746. The molecule has 0 unspecified atom stereocenters. The molecule has 1 aromatic heterocycles. The van der Waals surface area contributed by atoms with Gasteiger partial charge in [-0.25, -0.2) is 4.39 Å². The molecule has 0 saturated carbocycles. The van der Waals surface area contributed by atoms with E-state index in [0.29, 0.717) is 19.8 Å². The average Bonchev–Trinajstić information content (AvgIpc) is 2.79. The molecule has 0 saturated heterocycles. The van der Waals surface area contributed by atoms with Crippen LogP contribution in [0.15, 0.2) is 6.20 Å². The van der Waals surface area contributed by atoms with E-state index >= 15 is 0 Å². The molecule has 1 aromatic rings. The predicted molar refractivity (Wildman–Crippen MR) is 54.2 cm³/mol. The smallest absolute Gasteiger partial charge is 0.113 e. The molecule has 0 amide bonds. The number of rotatable bonds is 7. The van der Waals surface area contributed by atoms with Crippen molar-refractivity contribution in [3.05, 3.63) is 11.9 Å². The second-order valence-electron chi connectivity index (χ2n) is 2.32. The van der Waals surface area contributed by atoms with E-state index in [1.807, 2.05) is 13.8 Å². The summed E-state index contributed by atoms with van der Waals surface area (Å²) in [5.41, 5.74) is 0.741. The van der Waals surface area contributed by atoms with Crippen LogP contribution in [0.1, 0.15) is 19.5 Å². The molecular formula is C9H18FN3O2. The second kappa shape index (κ2) is 11.1. The van der Waals surface area contributed by atoms with Crippen molar-refractivity contribution < 1.29 is 13.9 Å². The monoisotopic (exact) mass is 219 g/mol. The Morgan fingerprint density at radius 3 is 2.60 bits per heavy atom. The first-order valence-electron chi connectivity index (χ1n) is 4.99. The van der Waals surface area contributed by atoms with Gasteiger partial charge in [0, 0.05) is 0 Å². The van der Waals surface area contributed by atoms with Crippen LogP contribution in [0, 0.1) is 0 Å². The lowest BCUT2D eigenvalue weighted by Crippen LogP contribution is -2.06. The van der Waals surface area contributed by atoms with Gasteiger partial charge in [-0.05, 0) is 0 Å². The molecule has 15 heavy (non-hydrogen) atoms. The molecule has 0 aromatic carbocycles. The van der Waals surface area contributed by atoms with Crippen LogP contribution in [0.4, 0.5) is 4.39 Å². The Morgan fingerprint density at radius 1 is 1.27 bits per heavy atom. The maximum Gasteiger partial charge on any atom is 0.113 e. The van der Waals surface area contributed by atoms with Gasteiger partial charge in [-0.2, -0.15) is 15.4 Å². The summed E-state index contributed by atoms with van der Waals surface area (Å²) in [4.78, 5) is 0. The maximum atomic E-state index is 11.5. The minimum atomic E-state index is -0.455. The van der Waals surface area contributed by atoms with E-state index in [4.69, 9.17) is 9.47 Å². The molecular weight excluding hydrogens is 201 g/mol. The zero-order valence-electron chi connectivity index (χ0n) is 9.20. The Kier molecular flexibility index (Phi) is 10.3. The summed E-state index contributed by atoms with van der Waals surface area (Å²) in [7, 11) is 0. The fourth-order valence-corrected chi connectivity index (χ4v) is 0.746. The zero-order chi connectivity index (χ0) is 11.4. The van der Waals surface area contributed by atoms with E-state index in [9.17, 15) is 4.39 Å². The number of H-pyrrole nitrogens is 1. The molecule has 0 spiro atoms. The molecule has 1 rings (SSSR count). The van der Waals surface area contributed by atoms with Crippen molar-refractivity contribution in [2.75, 3.05) is 26.5 Å². The standard InChI is InChI=1S/C7H12FN3O2.C2H6/c8-1-2-12-3-4-13-6-7-5-9-11-10-7;1-2/h5H,1-4,6H2,(H,9,10,11);1-2H3. The van der Waals surface area contributed by atoms with E-state index in [1.54, 1.807) is 6.20 Å². The lowest BCUT2D eigenvalue weighted by Gasteiger charge is -2.01. The number of aromatic nitrogens is 3. The van der Waals surface area contributed by atoms with Crippen molar-refractivity contribution >= 4 is 0 Å². The third-order valence-corrected chi connectivity index (χ3v) is 1.31. The van der Waals surface area contributed by atoms with Gasteiger partial charge in [0.15, 0.2) is 0 Å². The molecule has 0 aliphatic carbocycles. The summed E-state index contributed by atoms with van der Waals surface area (Å²) in [6.45, 7) is 4.92. The first-order valence-corrected chi connectivity index (χ1v) is 4.99. The van der Waals surface area contributed by atoms with Crippen molar-refractivity contribution in [3.8, 4) is 0 Å². The zero-order valence-corrected chi connectivity index (χ0v) is 9.20. The normalized spacial score (nSPS) is 9.53. The van der Waals surface area contributed by atoms with Gasteiger partial charge >= 0.3 is 0 Å². The first kappa shape index (κ1) is 14.0. The molecule has 0 bridgehead atoms. The summed E-state index contributed by atoms with van der Waals surface area (Å²) < 4.78 is 21.6. The number of hydrogen-bond acceptors (Lipinski definition) is 4. The van der Waals surface area contributed by atoms with Gasteiger partial charge in [0.05, 0.1) is 32.6 Å². The van der Waals surface area contributed by atoms with Crippen LogP contribution in [-0.2, 0) is 16.1 Å². The van der Waals surface area contributed by atoms with Crippen LogP contribution in [-0.4, -0.2) is 41.9 Å². The van der Waals surface area contributed by atoms with Crippen molar-refractivity contribution in [2.45, 2.75) is 20.5 Å². The number of nitrogens with one attached hydrogen (secondary N) is 1. The number of nitrogens with zero attached hydrogens (tertiary/aromatic N) is 2. The minimum absolute atomic E-state index is 0.132. The third-order valence-electron chi connectivity index (χ3n) is 1.31. The highest BCUT2D eigenvalue weighted by Crippen LogP contribution is 1.91. The predicted octanol–water partition coefficient (Wildman–Crippen LogP) is 1.33. The van der Waals surface area contributed by atoms with Gasteiger partial charge in [-0.1, -0.05) is 13.8 Å². The second-order valence-corrected chi connectivity index (χ2v) is 2.32. The summed E-state index contributed by atoms with van der Waals surface area (Å²) in [6, 6.07) is 0. The van der Waals surface area contributed by atoms with Gasteiger partial charge in [0.1, 0.15) is 12.4 Å². The van der Waals surface area contributed by atoms with Crippen molar-refractivity contribution in [1.29, 1.82) is 0 Å². The van der Waals surface area contributed by atoms with E-state index in [0.717, 1.165) is 5.69 Å². The lowest BCUT2D eigenvalue weighted by molar-refractivity contribution is 0.0351. The third kappa shape index (κ3) is 8.02. The van der Waals surface area contributed by atoms with Gasteiger partial charge in [-0.15, -0.1) is 0 Å². The summed E-state index contributed by atoms with van der Waals surface area (Å²) >= 11 is 0. The molecule has 1 N–H and O–H groups in total. The highest BCUT2D eigenvalue weighted by atomic mass is 19.1. The van der Waals surface area contributed by atoms with Gasteiger partial charge in [0.2, 0.25) is 0 Å². The Labute approximate surface area is 89.0 Å². The maximum absolute atomic E-state index is 11.5. The van der Waals surface area contributed by atoms with Gasteiger partial charge in [0.25, 0.3) is 0 Å². The fraction of sp³-hybridized carbons (Fsp3) is 0.778. The van der Waals surface area contributed by atoms with Gasteiger partial charge in [-0.3, -0.25) is 0 Å². The van der Waals surface area contributed by atoms with E-state index in [2.05, 4.69) is 15.4 Å². The number of alkyl halides is 1. The molecule has 5 nitrogen and oxygen atoms in total. The van der Waals surface area contributed by atoms with Crippen LogP contribution in [0.2, 0.25) is 0 Å². The summed E-state index contributed by atoms with van der Waals surface area (Å²) in [6.07, 6.45) is 1.59. The van der Waals surface area contributed by atoms with E-state index in [-0.39, 0.29) is 6.61 Å². The number of aromatic amines is 1. The number of hydrogen-bond donors (Lipinski definition) is 1. The largest absolute Gasteiger partial charge is 0.376 e.